The molecule has 0 spiro atoms. The summed E-state index contributed by atoms with van der Waals surface area (Å²) in [6.07, 6.45) is 2.41. The standard InChI is InChI=1S/C19H28N2O4S/c1-5-14-10-16(26-13(14)3)18(23)20(4)12-17(22)21-9-7-8-15(11-21)19(24)25-6-2/h10,15H,5-9,11-12H2,1-4H3/t15-/m0/s1. The van der Waals surface area contributed by atoms with Crippen LogP contribution in [0.5, 0.6) is 0 Å². The van der Waals surface area contributed by atoms with Gasteiger partial charge in [0.2, 0.25) is 5.91 Å². The number of ether oxygens (including phenoxy) is 1. The summed E-state index contributed by atoms with van der Waals surface area (Å²) in [5, 5.41) is 0. The number of hydrogen-bond acceptors (Lipinski definition) is 5. The topological polar surface area (TPSA) is 66.9 Å². The SMILES string of the molecule is CCOC(=O)[C@H]1CCCN(C(=O)CN(C)C(=O)c2cc(CC)c(C)s2)C1. The van der Waals surface area contributed by atoms with E-state index < -0.39 is 0 Å². The summed E-state index contributed by atoms with van der Waals surface area (Å²) < 4.78 is 5.07. The predicted octanol–water partition coefficient (Wildman–Crippen LogP) is 2.49. The molecule has 0 unspecified atom stereocenters. The zero-order valence-corrected chi connectivity index (χ0v) is 16.9. The number of likely N-dealkylation sites (N-methyl/N-ethyl adjacent to an activating group) is 1. The number of rotatable bonds is 6. The Balaban J connectivity index is 1.95. The summed E-state index contributed by atoms with van der Waals surface area (Å²) in [5.74, 6) is -0.764. The van der Waals surface area contributed by atoms with E-state index in [0.29, 0.717) is 24.6 Å². The molecule has 1 fully saturated rings. The molecule has 1 aliphatic rings. The number of nitrogens with zero attached hydrogens (tertiary/aromatic N) is 2. The molecule has 1 saturated heterocycles. The lowest BCUT2D eigenvalue weighted by Gasteiger charge is -2.32. The molecule has 1 aromatic heterocycles. The van der Waals surface area contributed by atoms with Gasteiger partial charge in [0.05, 0.1) is 23.9 Å². The van der Waals surface area contributed by atoms with Crippen molar-refractivity contribution in [3.63, 3.8) is 0 Å². The van der Waals surface area contributed by atoms with E-state index in [4.69, 9.17) is 4.74 Å². The highest BCUT2D eigenvalue weighted by Gasteiger charge is 2.30. The third kappa shape index (κ3) is 4.84. The average molecular weight is 381 g/mol. The number of esters is 1. The van der Waals surface area contributed by atoms with Crippen molar-refractivity contribution in [2.45, 2.75) is 40.0 Å². The lowest BCUT2D eigenvalue weighted by atomic mass is 9.98. The number of likely N-dealkylation sites (tertiary alicyclic amines) is 1. The van der Waals surface area contributed by atoms with Gasteiger partial charge in [-0.3, -0.25) is 14.4 Å². The minimum absolute atomic E-state index is 0.0206. The van der Waals surface area contributed by atoms with E-state index in [-0.39, 0.29) is 30.2 Å². The van der Waals surface area contributed by atoms with Gasteiger partial charge >= 0.3 is 5.97 Å². The Morgan fingerprint density at radius 3 is 2.69 bits per heavy atom. The van der Waals surface area contributed by atoms with Gasteiger partial charge in [-0.25, -0.2) is 0 Å². The van der Waals surface area contributed by atoms with Gasteiger partial charge in [0, 0.05) is 25.0 Å². The fraction of sp³-hybridized carbons (Fsp3) is 0.632. The van der Waals surface area contributed by atoms with E-state index in [1.54, 1.807) is 18.9 Å². The van der Waals surface area contributed by atoms with Crippen LogP contribution in [0.1, 0.15) is 46.8 Å². The highest BCUT2D eigenvalue weighted by molar-refractivity contribution is 7.14. The van der Waals surface area contributed by atoms with Crippen LogP contribution >= 0.6 is 11.3 Å². The van der Waals surface area contributed by atoms with Crippen molar-refractivity contribution in [2.24, 2.45) is 5.92 Å². The summed E-state index contributed by atoms with van der Waals surface area (Å²) >= 11 is 1.47. The minimum atomic E-state index is -0.263. The monoisotopic (exact) mass is 380 g/mol. The van der Waals surface area contributed by atoms with Gasteiger partial charge in [-0.05, 0) is 44.7 Å². The largest absolute Gasteiger partial charge is 0.466 e. The molecule has 0 radical (unpaired) electrons. The van der Waals surface area contributed by atoms with Crippen molar-refractivity contribution in [2.75, 3.05) is 33.3 Å². The molecule has 1 atom stereocenters. The first-order valence-corrected chi connectivity index (χ1v) is 9.98. The summed E-state index contributed by atoms with van der Waals surface area (Å²) in [6.45, 7) is 7.21. The predicted molar refractivity (Wildman–Crippen MR) is 101 cm³/mol. The maximum Gasteiger partial charge on any atom is 0.310 e. The molecule has 1 aromatic rings. The lowest BCUT2D eigenvalue weighted by Crippen LogP contribution is -2.47. The zero-order chi connectivity index (χ0) is 19.3. The van der Waals surface area contributed by atoms with Crippen LogP contribution in [0, 0.1) is 12.8 Å². The number of hydrogen-bond donors (Lipinski definition) is 0. The van der Waals surface area contributed by atoms with Gasteiger partial charge in [-0.15, -0.1) is 11.3 Å². The molecule has 0 bridgehead atoms. The Bertz CT molecular complexity index is 670. The average Bonchev–Trinajstić information content (AvgIpc) is 3.02. The number of carbonyl (C=O) groups is 3. The molecular weight excluding hydrogens is 352 g/mol. The lowest BCUT2D eigenvalue weighted by molar-refractivity contribution is -0.151. The van der Waals surface area contributed by atoms with Crippen molar-refractivity contribution in [3.05, 3.63) is 21.4 Å². The Hall–Kier alpha value is -1.89. The molecule has 0 N–H and O–H groups in total. The van der Waals surface area contributed by atoms with E-state index in [1.807, 2.05) is 13.0 Å². The summed E-state index contributed by atoms with van der Waals surface area (Å²) in [7, 11) is 1.65. The fourth-order valence-corrected chi connectivity index (χ4v) is 4.30. The second-order valence-electron chi connectivity index (χ2n) is 6.64. The van der Waals surface area contributed by atoms with E-state index in [2.05, 4.69) is 6.92 Å². The van der Waals surface area contributed by atoms with Crippen molar-refractivity contribution < 1.29 is 19.1 Å². The number of piperidine rings is 1. The van der Waals surface area contributed by atoms with E-state index in [9.17, 15) is 14.4 Å². The fourth-order valence-electron chi connectivity index (χ4n) is 3.20. The highest BCUT2D eigenvalue weighted by Crippen LogP contribution is 2.23. The van der Waals surface area contributed by atoms with E-state index in [1.165, 1.54) is 21.8 Å². The van der Waals surface area contributed by atoms with Crippen LogP contribution in [0.15, 0.2) is 6.07 Å². The number of thiophene rings is 1. The Morgan fingerprint density at radius 2 is 2.08 bits per heavy atom. The van der Waals surface area contributed by atoms with Gasteiger partial charge in [0.15, 0.2) is 0 Å². The minimum Gasteiger partial charge on any atom is -0.466 e. The zero-order valence-electron chi connectivity index (χ0n) is 16.0. The molecule has 0 saturated carbocycles. The van der Waals surface area contributed by atoms with Crippen LogP contribution in [0.2, 0.25) is 0 Å². The normalized spacial score (nSPS) is 17.1. The quantitative estimate of drug-likeness (QED) is 0.711. The molecule has 0 aliphatic carbocycles. The Kier molecular flexibility index (Phi) is 7.20. The molecule has 2 rings (SSSR count). The van der Waals surface area contributed by atoms with Gasteiger partial charge < -0.3 is 14.5 Å². The first kappa shape index (κ1) is 20.4. The molecule has 144 valence electrons. The van der Waals surface area contributed by atoms with Gasteiger partial charge in [0.25, 0.3) is 5.91 Å². The molecule has 0 aromatic carbocycles. The second kappa shape index (κ2) is 9.16. The number of amides is 2. The smallest absolute Gasteiger partial charge is 0.310 e. The summed E-state index contributed by atoms with van der Waals surface area (Å²) in [4.78, 5) is 42.0. The molecule has 2 heterocycles. The molecular formula is C19H28N2O4S. The Labute approximate surface area is 159 Å². The second-order valence-corrected chi connectivity index (χ2v) is 7.89. The van der Waals surface area contributed by atoms with Crippen LogP contribution in [-0.2, 0) is 20.7 Å². The molecule has 7 heteroatoms. The van der Waals surface area contributed by atoms with Crippen molar-refractivity contribution in [1.82, 2.24) is 9.80 Å². The van der Waals surface area contributed by atoms with E-state index in [0.717, 1.165) is 24.1 Å². The van der Waals surface area contributed by atoms with E-state index >= 15 is 0 Å². The van der Waals surface area contributed by atoms with Crippen molar-refractivity contribution >= 4 is 29.1 Å². The third-order valence-corrected chi connectivity index (χ3v) is 5.81. The summed E-state index contributed by atoms with van der Waals surface area (Å²) in [6, 6.07) is 1.92. The molecule has 1 aliphatic heterocycles. The van der Waals surface area contributed by atoms with Gasteiger partial charge in [-0.1, -0.05) is 6.92 Å². The third-order valence-electron chi connectivity index (χ3n) is 4.73. The molecule has 6 nitrogen and oxygen atoms in total. The van der Waals surface area contributed by atoms with Crippen molar-refractivity contribution in [3.8, 4) is 0 Å². The Morgan fingerprint density at radius 1 is 1.35 bits per heavy atom. The first-order chi connectivity index (χ1) is 12.4. The maximum atomic E-state index is 12.6. The molecule has 26 heavy (non-hydrogen) atoms. The number of aryl methyl sites for hydroxylation is 2. The van der Waals surface area contributed by atoms with Gasteiger partial charge in [0.1, 0.15) is 0 Å². The van der Waals surface area contributed by atoms with Crippen LogP contribution in [-0.4, -0.2) is 60.9 Å². The first-order valence-electron chi connectivity index (χ1n) is 9.16. The van der Waals surface area contributed by atoms with Gasteiger partial charge in [-0.2, -0.15) is 0 Å². The van der Waals surface area contributed by atoms with Crippen LogP contribution in [0.4, 0.5) is 0 Å². The maximum absolute atomic E-state index is 12.6. The van der Waals surface area contributed by atoms with Crippen molar-refractivity contribution in [1.29, 1.82) is 0 Å². The number of carbonyl (C=O) groups excluding carboxylic acids is 3. The molecule has 2 amide bonds. The highest BCUT2D eigenvalue weighted by atomic mass is 32.1. The van der Waals surface area contributed by atoms with Crippen LogP contribution in [0.25, 0.3) is 0 Å². The summed E-state index contributed by atoms with van der Waals surface area (Å²) in [5.41, 5.74) is 1.17. The van der Waals surface area contributed by atoms with Crippen LogP contribution < -0.4 is 0 Å². The van der Waals surface area contributed by atoms with Crippen LogP contribution in [0.3, 0.4) is 0 Å².